The van der Waals surface area contributed by atoms with Gasteiger partial charge in [-0.3, -0.25) is 4.90 Å². The molecule has 2 aromatic carbocycles. The topological polar surface area (TPSA) is 56.5 Å². The lowest BCUT2D eigenvalue weighted by Gasteiger charge is -2.38. The average Bonchev–Trinajstić information content (AvgIpc) is 3.32. The van der Waals surface area contributed by atoms with Gasteiger partial charge in [0.05, 0.1) is 30.4 Å². The van der Waals surface area contributed by atoms with E-state index in [0.717, 1.165) is 24.2 Å². The maximum Gasteiger partial charge on any atom is 0.114 e. The minimum absolute atomic E-state index is 0.438. The molecule has 0 aromatic heterocycles. The standard InChI is InChI=1S/C20H20N2O2/c21-14-16-6-8-17(9-7-16)19(22-10-12-24-13-11-22)15-20(19,23)18-4-2-1-3-5-18/h1-9,23H,10-13,15H2/t19-,20-/m1/s1. The Hall–Kier alpha value is -2.19. The third-order valence-corrected chi connectivity index (χ3v) is 5.36. The van der Waals surface area contributed by atoms with Crippen LogP contribution in [0, 0.1) is 11.3 Å². The summed E-state index contributed by atoms with van der Waals surface area (Å²) < 4.78 is 5.50. The Bertz CT molecular complexity index is 762. The van der Waals surface area contributed by atoms with Crippen molar-refractivity contribution in [2.45, 2.75) is 17.6 Å². The predicted octanol–water partition coefficient (Wildman–Crippen LogP) is 2.38. The number of hydrogen-bond donors (Lipinski definition) is 1. The Morgan fingerprint density at radius 1 is 0.958 bits per heavy atom. The molecule has 2 aliphatic rings. The summed E-state index contributed by atoms with van der Waals surface area (Å²) in [5.74, 6) is 0. The van der Waals surface area contributed by atoms with Gasteiger partial charge in [-0.05, 0) is 23.3 Å². The third-order valence-electron chi connectivity index (χ3n) is 5.36. The lowest BCUT2D eigenvalue weighted by molar-refractivity contribution is -0.0255. The fraction of sp³-hybridized carbons (Fsp3) is 0.350. The van der Waals surface area contributed by atoms with Crippen LogP contribution in [0.4, 0.5) is 0 Å². The highest BCUT2D eigenvalue weighted by Gasteiger charge is 2.71. The summed E-state index contributed by atoms with van der Waals surface area (Å²) in [6, 6.07) is 19.7. The molecule has 0 radical (unpaired) electrons. The number of nitrogens with zero attached hydrogens (tertiary/aromatic N) is 2. The number of morpholine rings is 1. The Labute approximate surface area is 141 Å². The Balaban J connectivity index is 1.78. The molecule has 1 N–H and O–H groups in total. The quantitative estimate of drug-likeness (QED) is 0.943. The summed E-state index contributed by atoms with van der Waals surface area (Å²) in [7, 11) is 0. The van der Waals surface area contributed by atoms with Crippen LogP contribution in [0.25, 0.3) is 0 Å². The van der Waals surface area contributed by atoms with Crippen molar-refractivity contribution in [1.82, 2.24) is 4.90 Å². The van der Waals surface area contributed by atoms with Crippen molar-refractivity contribution in [3.05, 3.63) is 71.3 Å². The molecule has 4 heteroatoms. The van der Waals surface area contributed by atoms with Gasteiger partial charge in [-0.2, -0.15) is 5.26 Å². The van der Waals surface area contributed by atoms with Gasteiger partial charge in [0.1, 0.15) is 5.60 Å². The van der Waals surface area contributed by atoms with E-state index in [2.05, 4.69) is 11.0 Å². The summed E-state index contributed by atoms with van der Waals surface area (Å²) in [4.78, 5) is 2.34. The van der Waals surface area contributed by atoms with Crippen molar-refractivity contribution in [1.29, 1.82) is 5.26 Å². The van der Waals surface area contributed by atoms with Crippen molar-refractivity contribution in [2.75, 3.05) is 26.3 Å². The van der Waals surface area contributed by atoms with Crippen LogP contribution >= 0.6 is 0 Å². The highest BCUT2D eigenvalue weighted by atomic mass is 16.5. The molecule has 2 aromatic rings. The lowest BCUT2D eigenvalue weighted by Crippen LogP contribution is -2.47. The van der Waals surface area contributed by atoms with E-state index in [4.69, 9.17) is 10.00 Å². The SMILES string of the molecule is N#Cc1ccc([C@]2(N3CCOCC3)C[C@@]2(O)c2ccccc2)cc1. The number of benzene rings is 2. The molecule has 0 unspecified atom stereocenters. The Kier molecular flexibility index (Phi) is 3.65. The van der Waals surface area contributed by atoms with Gasteiger partial charge in [-0.15, -0.1) is 0 Å². The zero-order valence-electron chi connectivity index (χ0n) is 13.5. The van der Waals surface area contributed by atoms with E-state index in [-0.39, 0.29) is 0 Å². The van der Waals surface area contributed by atoms with Gasteiger partial charge >= 0.3 is 0 Å². The van der Waals surface area contributed by atoms with Gasteiger partial charge in [0.15, 0.2) is 0 Å². The number of hydrogen-bond acceptors (Lipinski definition) is 4. The molecular weight excluding hydrogens is 300 g/mol. The van der Waals surface area contributed by atoms with Crippen LogP contribution in [0.2, 0.25) is 0 Å². The molecule has 2 atom stereocenters. The maximum absolute atomic E-state index is 11.5. The van der Waals surface area contributed by atoms with E-state index in [0.29, 0.717) is 25.2 Å². The molecule has 2 fully saturated rings. The van der Waals surface area contributed by atoms with Gasteiger partial charge < -0.3 is 9.84 Å². The summed E-state index contributed by atoms with van der Waals surface area (Å²) in [5, 5.41) is 20.5. The van der Waals surface area contributed by atoms with Gasteiger partial charge in [0.2, 0.25) is 0 Å². The summed E-state index contributed by atoms with van der Waals surface area (Å²) >= 11 is 0. The number of ether oxygens (including phenoxy) is 1. The normalized spacial score (nSPS) is 29.8. The van der Waals surface area contributed by atoms with Gasteiger partial charge in [0, 0.05) is 19.5 Å². The molecule has 4 rings (SSSR count). The van der Waals surface area contributed by atoms with E-state index < -0.39 is 11.1 Å². The van der Waals surface area contributed by atoms with Crippen LogP contribution < -0.4 is 0 Å². The van der Waals surface area contributed by atoms with E-state index in [9.17, 15) is 5.11 Å². The van der Waals surface area contributed by atoms with Crippen molar-refractivity contribution in [2.24, 2.45) is 0 Å². The molecule has 0 amide bonds. The maximum atomic E-state index is 11.5. The molecule has 1 heterocycles. The van der Waals surface area contributed by atoms with E-state index >= 15 is 0 Å². The van der Waals surface area contributed by atoms with Crippen LogP contribution in [0.1, 0.15) is 23.1 Å². The molecule has 1 aliphatic heterocycles. The third kappa shape index (κ3) is 2.17. The second kappa shape index (κ2) is 5.71. The first kappa shape index (κ1) is 15.3. The molecular formula is C20H20N2O2. The number of aliphatic hydroxyl groups is 1. The molecule has 1 aliphatic carbocycles. The fourth-order valence-corrected chi connectivity index (χ4v) is 4.04. The highest BCUT2D eigenvalue weighted by Crippen LogP contribution is 2.65. The first-order valence-corrected chi connectivity index (χ1v) is 8.32. The van der Waals surface area contributed by atoms with E-state index in [1.165, 1.54) is 0 Å². The fourth-order valence-electron chi connectivity index (χ4n) is 4.04. The van der Waals surface area contributed by atoms with Crippen molar-refractivity contribution < 1.29 is 9.84 Å². The van der Waals surface area contributed by atoms with Crippen LogP contribution in [-0.4, -0.2) is 36.3 Å². The summed E-state index contributed by atoms with van der Waals surface area (Å²) in [6.45, 7) is 2.97. The summed E-state index contributed by atoms with van der Waals surface area (Å²) in [5.41, 5.74) is 1.31. The number of nitriles is 1. The van der Waals surface area contributed by atoms with E-state index in [1.807, 2.05) is 54.6 Å². The van der Waals surface area contributed by atoms with Gasteiger partial charge in [-0.1, -0.05) is 42.5 Å². The smallest absolute Gasteiger partial charge is 0.114 e. The van der Waals surface area contributed by atoms with Crippen LogP contribution in [0.3, 0.4) is 0 Å². The highest BCUT2D eigenvalue weighted by molar-refractivity contribution is 5.47. The van der Waals surface area contributed by atoms with E-state index in [1.54, 1.807) is 0 Å². The molecule has 0 spiro atoms. The van der Waals surface area contributed by atoms with Gasteiger partial charge in [0.25, 0.3) is 0 Å². The number of rotatable bonds is 3. The average molecular weight is 320 g/mol. The molecule has 0 bridgehead atoms. The first-order chi connectivity index (χ1) is 11.7. The van der Waals surface area contributed by atoms with Crippen LogP contribution in [0.15, 0.2) is 54.6 Å². The van der Waals surface area contributed by atoms with Crippen molar-refractivity contribution in [3.8, 4) is 6.07 Å². The van der Waals surface area contributed by atoms with Crippen molar-refractivity contribution >= 4 is 0 Å². The van der Waals surface area contributed by atoms with Crippen LogP contribution in [0.5, 0.6) is 0 Å². The Morgan fingerprint density at radius 2 is 1.62 bits per heavy atom. The molecule has 122 valence electrons. The second-order valence-electron chi connectivity index (χ2n) is 6.55. The molecule has 4 nitrogen and oxygen atoms in total. The lowest BCUT2D eigenvalue weighted by atomic mass is 9.93. The van der Waals surface area contributed by atoms with Crippen molar-refractivity contribution in [3.63, 3.8) is 0 Å². The Morgan fingerprint density at radius 3 is 2.25 bits per heavy atom. The first-order valence-electron chi connectivity index (χ1n) is 8.32. The summed E-state index contributed by atoms with van der Waals surface area (Å²) in [6.07, 6.45) is 0.663. The molecule has 24 heavy (non-hydrogen) atoms. The molecule has 1 saturated carbocycles. The zero-order chi connectivity index (χ0) is 16.6. The second-order valence-corrected chi connectivity index (χ2v) is 6.55. The zero-order valence-corrected chi connectivity index (χ0v) is 13.5. The largest absolute Gasteiger partial charge is 0.383 e. The molecule has 1 saturated heterocycles. The monoisotopic (exact) mass is 320 g/mol. The minimum atomic E-state index is -0.903. The predicted molar refractivity (Wildman–Crippen MR) is 90.2 cm³/mol. The van der Waals surface area contributed by atoms with Gasteiger partial charge in [-0.25, -0.2) is 0 Å². The van der Waals surface area contributed by atoms with Crippen LogP contribution in [-0.2, 0) is 15.9 Å². The minimum Gasteiger partial charge on any atom is -0.383 e.